The molecule has 2 heterocycles. The summed E-state index contributed by atoms with van der Waals surface area (Å²) in [5, 5.41) is 10.2. The Hall–Kier alpha value is -1.36. The standard InChI is InChI=1S/C9H14N4O/c1-13(2)9(14)8-6-3-4-10-5-7(6)11-12-8/h10H,3-5H2,1-2H3,(H,11,12). The normalized spacial score (nSPS) is 15.0. The van der Waals surface area contributed by atoms with E-state index in [1.54, 1.807) is 19.0 Å². The Kier molecular flexibility index (Phi) is 2.25. The van der Waals surface area contributed by atoms with Gasteiger partial charge in [-0.25, -0.2) is 0 Å². The number of nitrogens with zero attached hydrogens (tertiary/aromatic N) is 2. The molecule has 1 aromatic heterocycles. The molecule has 2 rings (SSSR count). The monoisotopic (exact) mass is 194 g/mol. The van der Waals surface area contributed by atoms with E-state index < -0.39 is 0 Å². The van der Waals surface area contributed by atoms with Crippen molar-refractivity contribution >= 4 is 5.91 Å². The van der Waals surface area contributed by atoms with Gasteiger partial charge >= 0.3 is 0 Å². The van der Waals surface area contributed by atoms with Crippen LogP contribution in [-0.2, 0) is 13.0 Å². The fourth-order valence-corrected chi connectivity index (χ4v) is 1.63. The minimum atomic E-state index is -0.0237. The molecule has 0 fully saturated rings. The molecular weight excluding hydrogens is 180 g/mol. The molecule has 0 aliphatic carbocycles. The van der Waals surface area contributed by atoms with Gasteiger partial charge in [0.2, 0.25) is 0 Å². The molecule has 1 aliphatic rings. The third kappa shape index (κ3) is 1.39. The molecule has 1 aromatic rings. The maximum atomic E-state index is 11.7. The summed E-state index contributed by atoms with van der Waals surface area (Å²) in [6, 6.07) is 0. The van der Waals surface area contributed by atoms with Gasteiger partial charge in [0.1, 0.15) is 0 Å². The van der Waals surface area contributed by atoms with Gasteiger partial charge in [0.15, 0.2) is 5.69 Å². The van der Waals surface area contributed by atoms with Gasteiger partial charge in [-0.3, -0.25) is 9.89 Å². The molecule has 5 heteroatoms. The van der Waals surface area contributed by atoms with Crippen molar-refractivity contribution < 1.29 is 4.79 Å². The van der Waals surface area contributed by atoms with E-state index in [0.29, 0.717) is 5.69 Å². The largest absolute Gasteiger partial charge is 0.343 e. The van der Waals surface area contributed by atoms with E-state index in [2.05, 4.69) is 15.5 Å². The van der Waals surface area contributed by atoms with E-state index in [9.17, 15) is 4.79 Å². The Morgan fingerprint density at radius 3 is 3.00 bits per heavy atom. The second-order valence-electron chi connectivity index (χ2n) is 3.66. The number of fused-ring (bicyclic) bond motifs is 1. The van der Waals surface area contributed by atoms with Crippen LogP contribution in [0.25, 0.3) is 0 Å². The number of carbonyl (C=O) groups is 1. The third-order valence-electron chi connectivity index (χ3n) is 2.42. The SMILES string of the molecule is CN(C)C(=O)c1n[nH]c2c1CCNC2. The quantitative estimate of drug-likeness (QED) is 0.648. The predicted molar refractivity (Wildman–Crippen MR) is 52.0 cm³/mol. The number of aromatic nitrogens is 2. The Morgan fingerprint density at radius 2 is 2.29 bits per heavy atom. The maximum Gasteiger partial charge on any atom is 0.274 e. The molecule has 0 bridgehead atoms. The second-order valence-corrected chi connectivity index (χ2v) is 3.66. The average Bonchev–Trinajstić information content (AvgIpc) is 2.60. The molecule has 0 saturated heterocycles. The molecule has 0 aromatic carbocycles. The predicted octanol–water partition coefficient (Wildman–Crippen LogP) is -0.243. The van der Waals surface area contributed by atoms with Crippen molar-refractivity contribution in [2.24, 2.45) is 0 Å². The van der Waals surface area contributed by atoms with Gasteiger partial charge in [0.25, 0.3) is 5.91 Å². The Labute approximate surface area is 82.5 Å². The Bertz CT molecular complexity index is 356. The van der Waals surface area contributed by atoms with Crippen LogP contribution in [0.15, 0.2) is 0 Å². The van der Waals surface area contributed by atoms with Gasteiger partial charge in [0, 0.05) is 26.2 Å². The minimum absolute atomic E-state index is 0.0237. The van der Waals surface area contributed by atoms with Gasteiger partial charge in [0.05, 0.1) is 5.69 Å². The first kappa shape index (κ1) is 9.21. The highest BCUT2D eigenvalue weighted by molar-refractivity contribution is 5.93. The van der Waals surface area contributed by atoms with Gasteiger partial charge in [-0.05, 0) is 13.0 Å². The van der Waals surface area contributed by atoms with Crippen LogP contribution in [-0.4, -0.2) is 41.6 Å². The zero-order valence-electron chi connectivity index (χ0n) is 8.42. The van der Waals surface area contributed by atoms with E-state index in [4.69, 9.17) is 0 Å². The molecule has 0 atom stereocenters. The van der Waals surface area contributed by atoms with Crippen LogP contribution in [0.2, 0.25) is 0 Å². The number of nitrogens with one attached hydrogen (secondary N) is 2. The van der Waals surface area contributed by atoms with E-state index in [1.807, 2.05) is 0 Å². The number of rotatable bonds is 1. The smallest absolute Gasteiger partial charge is 0.274 e. The first-order valence-corrected chi connectivity index (χ1v) is 4.68. The fourth-order valence-electron chi connectivity index (χ4n) is 1.63. The highest BCUT2D eigenvalue weighted by Gasteiger charge is 2.22. The van der Waals surface area contributed by atoms with Crippen LogP contribution < -0.4 is 5.32 Å². The van der Waals surface area contributed by atoms with Crippen molar-refractivity contribution in [2.75, 3.05) is 20.6 Å². The number of hydrogen-bond donors (Lipinski definition) is 2. The number of H-pyrrole nitrogens is 1. The average molecular weight is 194 g/mol. The third-order valence-corrected chi connectivity index (χ3v) is 2.42. The molecule has 5 nitrogen and oxygen atoms in total. The second kappa shape index (κ2) is 3.42. The van der Waals surface area contributed by atoms with Crippen molar-refractivity contribution in [2.45, 2.75) is 13.0 Å². The molecule has 2 N–H and O–H groups in total. The molecule has 1 aliphatic heterocycles. The van der Waals surface area contributed by atoms with Gasteiger partial charge in [-0.2, -0.15) is 5.10 Å². The minimum Gasteiger partial charge on any atom is -0.343 e. The maximum absolute atomic E-state index is 11.7. The van der Waals surface area contributed by atoms with Gasteiger partial charge < -0.3 is 10.2 Å². The zero-order valence-corrected chi connectivity index (χ0v) is 8.42. The molecule has 76 valence electrons. The Morgan fingerprint density at radius 1 is 1.50 bits per heavy atom. The van der Waals surface area contributed by atoms with Crippen LogP contribution in [0.1, 0.15) is 21.7 Å². The van der Waals surface area contributed by atoms with Gasteiger partial charge in [-0.1, -0.05) is 0 Å². The zero-order chi connectivity index (χ0) is 10.1. The van der Waals surface area contributed by atoms with E-state index in [-0.39, 0.29) is 5.91 Å². The lowest BCUT2D eigenvalue weighted by Crippen LogP contribution is -2.27. The fraction of sp³-hybridized carbons (Fsp3) is 0.556. The van der Waals surface area contributed by atoms with Crippen molar-refractivity contribution in [3.63, 3.8) is 0 Å². The van der Waals surface area contributed by atoms with E-state index in [0.717, 1.165) is 30.8 Å². The van der Waals surface area contributed by atoms with Crippen LogP contribution in [0, 0.1) is 0 Å². The highest BCUT2D eigenvalue weighted by atomic mass is 16.2. The number of hydrogen-bond acceptors (Lipinski definition) is 3. The highest BCUT2D eigenvalue weighted by Crippen LogP contribution is 2.16. The first-order valence-electron chi connectivity index (χ1n) is 4.68. The molecule has 0 unspecified atom stereocenters. The summed E-state index contributed by atoms with van der Waals surface area (Å²) in [6.45, 7) is 1.70. The van der Waals surface area contributed by atoms with Crippen molar-refractivity contribution in [1.82, 2.24) is 20.4 Å². The van der Waals surface area contributed by atoms with Crippen LogP contribution >= 0.6 is 0 Å². The van der Waals surface area contributed by atoms with Crippen molar-refractivity contribution in [1.29, 1.82) is 0 Å². The summed E-state index contributed by atoms with van der Waals surface area (Å²) in [7, 11) is 3.48. The summed E-state index contributed by atoms with van der Waals surface area (Å²) in [4.78, 5) is 13.3. The molecule has 14 heavy (non-hydrogen) atoms. The lowest BCUT2D eigenvalue weighted by atomic mass is 10.1. The number of amides is 1. The lowest BCUT2D eigenvalue weighted by Gasteiger charge is -2.14. The summed E-state index contributed by atoms with van der Waals surface area (Å²) < 4.78 is 0. The topological polar surface area (TPSA) is 61.0 Å². The first-order chi connectivity index (χ1) is 6.70. The molecule has 0 saturated carbocycles. The summed E-state index contributed by atoms with van der Waals surface area (Å²) in [5.41, 5.74) is 2.69. The van der Waals surface area contributed by atoms with Gasteiger partial charge in [-0.15, -0.1) is 0 Å². The number of aromatic amines is 1. The number of carbonyl (C=O) groups excluding carboxylic acids is 1. The Balaban J connectivity index is 2.35. The van der Waals surface area contributed by atoms with E-state index in [1.165, 1.54) is 0 Å². The molecule has 0 spiro atoms. The molecule has 1 amide bonds. The molecule has 0 radical (unpaired) electrons. The summed E-state index contributed by atoms with van der Waals surface area (Å²) in [5.74, 6) is -0.0237. The summed E-state index contributed by atoms with van der Waals surface area (Å²) in [6.07, 6.45) is 0.876. The molecular formula is C9H14N4O. The lowest BCUT2D eigenvalue weighted by molar-refractivity contribution is 0.0821. The van der Waals surface area contributed by atoms with Crippen molar-refractivity contribution in [3.8, 4) is 0 Å². The van der Waals surface area contributed by atoms with Crippen LogP contribution in [0.5, 0.6) is 0 Å². The van der Waals surface area contributed by atoms with Crippen molar-refractivity contribution in [3.05, 3.63) is 17.0 Å². The van der Waals surface area contributed by atoms with Crippen LogP contribution in [0.3, 0.4) is 0 Å². The van der Waals surface area contributed by atoms with E-state index >= 15 is 0 Å². The summed E-state index contributed by atoms with van der Waals surface area (Å²) >= 11 is 0. The van der Waals surface area contributed by atoms with Crippen LogP contribution in [0.4, 0.5) is 0 Å².